The SMILES string of the molecule is CCOC(=O)[C@H]1CCC/C1=N/NC(=O)[C@@H](OC)c1ccccc1. The van der Waals surface area contributed by atoms with Crippen molar-refractivity contribution in [1.82, 2.24) is 5.43 Å². The molecule has 1 fully saturated rings. The van der Waals surface area contributed by atoms with E-state index in [9.17, 15) is 9.59 Å². The average Bonchev–Trinajstić information content (AvgIpc) is 3.03. The quantitative estimate of drug-likeness (QED) is 0.644. The van der Waals surface area contributed by atoms with Crippen LogP contribution in [0, 0.1) is 5.92 Å². The van der Waals surface area contributed by atoms with Gasteiger partial charge in [-0.2, -0.15) is 5.10 Å². The Kier molecular flexibility index (Phi) is 6.29. The monoisotopic (exact) mass is 318 g/mol. The first kappa shape index (κ1) is 17.1. The minimum absolute atomic E-state index is 0.274. The van der Waals surface area contributed by atoms with Crippen molar-refractivity contribution in [3.8, 4) is 0 Å². The van der Waals surface area contributed by atoms with Crippen molar-refractivity contribution in [3.05, 3.63) is 35.9 Å². The molecular formula is C17H22N2O4. The number of nitrogens with zero attached hydrogens (tertiary/aromatic N) is 1. The van der Waals surface area contributed by atoms with Crippen molar-refractivity contribution in [2.75, 3.05) is 13.7 Å². The molecule has 0 saturated heterocycles. The Labute approximate surface area is 135 Å². The highest BCUT2D eigenvalue weighted by atomic mass is 16.5. The normalized spacial score (nSPS) is 20.3. The zero-order chi connectivity index (χ0) is 16.7. The Balaban J connectivity index is 2.03. The number of hydrazone groups is 1. The molecule has 124 valence electrons. The molecule has 2 rings (SSSR count). The summed E-state index contributed by atoms with van der Waals surface area (Å²) in [5.41, 5.74) is 3.93. The molecule has 0 aliphatic heterocycles. The second-order valence-electron chi connectivity index (χ2n) is 5.30. The number of hydrogen-bond acceptors (Lipinski definition) is 5. The first-order chi connectivity index (χ1) is 11.2. The van der Waals surface area contributed by atoms with E-state index in [0.29, 0.717) is 25.2 Å². The van der Waals surface area contributed by atoms with Crippen LogP contribution < -0.4 is 5.43 Å². The van der Waals surface area contributed by atoms with E-state index in [0.717, 1.165) is 12.0 Å². The number of benzene rings is 1. The van der Waals surface area contributed by atoms with Crippen molar-refractivity contribution in [2.45, 2.75) is 32.3 Å². The maximum Gasteiger partial charge on any atom is 0.314 e. The smallest absolute Gasteiger partial charge is 0.314 e. The van der Waals surface area contributed by atoms with Crippen LogP contribution in [0.2, 0.25) is 0 Å². The van der Waals surface area contributed by atoms with Crippen molar-refractivity contribution in [1.29, 1.82) is 0 Å². The van der Waals surface area contributed by atoms with Gasteiger partial charge < -0.3 is 9.47 Å². The molecule has 2 atom stereocenters. The summed E-state index contributed by atoms with van der Waals surface area (Å²) in [6.07, 6.45) is 1.53. The van der Waals surface area contributed by atoms with Crippen molar-refractivity contribution < 1.29 is 19.1 Å². The largest absolute Gasteiger partial charge is 0.465 e. The van der Waals surface area contributed by atoms with Gasteiger partial charge in [-0.25, -0.2) is 5.43 Å². The first-order valence-corrected chi connectivity index (χ1v) is 7.78. The van der Waals surface area contributed by atoms with Gasteiger partial charge in [-0.15, -0.1) is 0 Å². The van der Waals surface area contributed by atoms with Gasteiger partial charge in [-0.3, -0.25) is 9.59 Å². The maximum absolute atomic E-state index is 12.3. The number of esters is 1. The van der Waals surface area contributed by atoms with Crippen LogP contribution in [0.1, 0.15) is 37.9 Å². The molecule has 23 heavy (non-hydrogen) atoms. The Hall–Kier alpha value is -2.21. The van der Waals surface area contributed by atoms with Crippen LogP contribution in [-0.2, 0) is 19.1 Å². The number of amides is 1. The minimum Gasteiger partial charge on any atom is -0.465 e. The molecule has 1 aliphatic rings. The molecule has 0 radical (unpaired) electrons. The summed E-state index contributed by atoms with van der Waals surface area (Å²) in [6.45, 7) is 2.11. The van der Waals surface area contributed by atoms with Gasteiger partial charge >= 0.3 is 5.97 Å². The van der Waals surface area contributed by atoms with E-state index in [-0.39, 0.29) is 17.8 Å². The second kappa shape index (κ2) is 8.43. The zero-order valence-electron chi connectivity index (χ0n) is 13.5. The Morgan fingerprint density at radius 3 is 2.74 bits per heavy atom. The van der Waals surface area contributed by atoms with Gasteiger partial charge in [-0.05, 0) is 31.7 Å². The van der Waals surface area contributed by atoms with Crippen LogP contribution in [0.5, 0.6) is 0 Å². The van der Waals surface area contributed by atoms with Crippen LogP contribution in [0.3, 0.4) is 0 Å². The molecule has 6 heteroatoms. The molecule has 0 heterocycles. The highest BCUT2D eigenvalue weighted by Gasteiger charge is 2.31. The highest BCUT2D eigenvalue weighted by Crippen LogP contribution is 2.24. The fourth-order valence-corrected chi connectivity index (χ4v) is 2.67. The van der Waals surface area contributed by atoms with Gasteiger partial charge in [0.15, 0.2) is 6.10 Å². The van der Waals surface area contributed by atoms with Crippen LogP contribution in [0.25, 0.3) is 0 Å². The highest BCUT2D eigenvalue weighted by molar-refractivity contribution is 6.04. The predicted molar refractivity (Wildman–Crippen MR) is 85.7 cm³/mol. The number of hydrogen-bond donors (Lipinski definition) is 1. The lowest BCUT2D eigenvalue weighted by atomic mass is 10.1. The lowest BCUT2D eigenvalue weighted by Crippen LogP contribution is -2.29. The van der Waals surface area contributed by atoms with Crippen LogP contribution in [-0.4, -0.2) is 31.3 Å². The van der Waals surface area contributed by atoms with E-state index in [1.807, 2.05) is 30.3 Å². The summed E-state index contributed by atoms with van der Waals surface area (Å²) in [4.78, 5) is 24.1. The standard InChI is InChI=1S/C17H22N2O4/c1-3-23-17(21)13-10-7-11-14(13)18-19-16(20)15(22-2)12-8-5-4-6-9-12/h4-6,8-9,13,15H,3,7,10-11H2,1-2H3,(H,19,20)/b18-14-/t13-,15-/m0/s1. The fourth-order valence-electron chi connectivity index (χ4n) is 2.67. The van der Waals surface area contributed by atoms with E-state index in [1.165, 1.54) is 7.11 Å². The number of methoxy groups -OCH3 is 1. The molecule has 1 amide bonds. The fraction of sp³-hybridized carbons (Fsp3) is 0.471. The summed E-state index contributed by atoms with van der Waals surface area (Å²) >= 11 is 0. The third kappa shape index (κ3) is 4.39. The number of carbonyl (C=O) groups excluding carboxylic acids is 2. The molecule has 1 aromatic rings. The Morgan fingerprint density at radius 2 is 2.09 bits per heavy atom. The molecule has 0 aromatic heterocycles. The average molecular weight is 318 g/mol. The lowest BCUT2D eigenvalue weighted by molar-refractivity contribution is -0.145. The Morgan fingerprint density at radius 1 is 1.35 bits per heavy atom. The Bertz CT molecular complexity index is 571. The molecule has 1 aromatic carbocycles. The third-order valence-electron chi connectivity index (χ3n) is 3.78. The van der Waals surface area contributed by atoms with E-state index < -0.39 is 6.10 Å². The van der Waals surface area contributed by atoms with Crippen molar-refractivity contribution in [3.63, 3.8) is 0 Å². The summed E-state index contributed by atoms with van der Waals surface area (Å²) in [6, 6.07) is 9.19. The summed E-state index contributed by atoms with van der Waals surface area (Å²) in [5.74, 6) is -0.988. The molecule has 0 bridgehead atoms. The molecule has 0 spiro atoms. The van der Waals surface area contributed by atoms with Gasteiger partial charge in [0.2, 0.25) is 0 Å². The summed E-state index contributed by atoms with van der Waals surface area (Å²) in [5, 5.41) is 4.14. The molecule has 6 nitrogen and oxygen atoms in total. The van der Waals surface area contributed by atoms with Crippen LogP contribution in [0.4, 0.5) is 0 Å². The van der Waals surface area contributed by atoms with Gasteiger partial charge in [-0.1, -0.05) is 30.3 Å². The third-order valence-corrected chi connectivity index (χ3v) is 3.78. The van der Waals surface area contributed by atoms with E-state index in [2.05, 4.69) is 10.5 Å². The van der Waals surface area contributed by atoms with Crippen molar-refractivity contribution >= 4 is 17.6 Å². The van der Waals surface area contributed by atoms with Crippen LogP contribution in [0.15, 0.2) is 35.4 Å². The molecule has 1 aliphatic carbocycles. The van der Waals surface area contributed by atoms with Gasteiger partial charge in [0.25, 0.3) is 5.91 Å². The lowest BCUT2D eigenvalue weighted by Gasteiger charge is -2.15. The molecular weight excluding hydrogens is 296 g/mol. The van der Waals surface area contributed by atoms with Gasteiger partial charge in [0, 0.05) is 7.11 Å². The molecule has 0 unspecified atom stereocenters. The summed E-state index contributed by atoms with van der Waals surface area (Å²) < 4.78 is 10.3. The van der Waals surface area contributed by atoms with Crippen molar-refractivity contribution in [2.24, 2.45) is 11.0 Å². The topological polar surface area (TPSA) is 77.0 Å². The van der Waals surface area contributed by atoms with Gasteiger partial charge in [0.1, 0.15) is 0 Å². The number of nitrogens with one attached hydrogen (secondary N) is 1. The van der Waals surface area contributed by atoms with E-state index in [1.54, 1.807) is 6.92 Å². The number of carbonyl (C=O) groups is 2. The predicted octanol–water partition coefficient (Wildman–Crippen LogP) is 2.21. The maximum atomic E-state index is 12.3. The second-order valence-corrected chi connectivity index (χ2v) is 5.30. The minimum atomic E-state index is -0.733. The van der Waals surface area contributed by atoms with Crippen LogP contribution >= 0.6 is 0 Å². The number of rotatable bonds is 6. The van der Waals surface area contributed by atoms with E-state index in [4.69, 9.17) is 9.47 Å². The first-order valence-electron chi connectivity index (χ1n) is 7.78. The molecule has 1 saturated carbocycles. The zero-order valence-corrected chi connectivity index (χ0v) is 13.5. The van der Waals surface area contributed by atoms with E-state index >= 15 is 0 Å². The van der Waals surface area contributed by atoms with Gasteiger partial charge in [0.05, 0.1) is 18.2 Å². The summed E-state index contributed by atoms with van der Waals surface area (Å²) in [7, 11) is 1.47. The molecule has 1 N–H and O–H groups in total. The number of ether oxygens (including phenoxy) is 2.